The fraction of sp³-hybridized carbons (Fsp3) is 0.333. The van der Waals surface area contributed by atoms with E-state index in [2.05, 4.69) is 79.4 Å². The molecule has 0 saturated carbocycles. The van der Waals surface area contributed by atoms with E-state index in [1.54, 1.807) is 0 Å². The summed E-state index contributed by atoms with van der Waals surface area (Å²) in [5.74, 6) is 0.211. The molecule has 0 fully saturated rings. The molecular weight excluding hydrogens is 584 g/mol. The van der Waals surface area contributed by atoms with Crippen molar-refractivity contribution < 1.29 is 19.1 Å². The van der Waals surface area contributed by atoms with Crippen molar-refractivity contribution in [3.05, 3.63) is 54.9 Å². The summed E-state index contributed by atoms with van der Waals surface area (Å²) in [6.07, 6.45) is 0. The number of carbonyl (C=O) groups is 2. The van der Waals surface area contributed by atoms with Gasteiger partial charge in [0.1, 0.15) is 11.5 Å². The third-order valence-corrected chi connectivity index (χ3v) is 5.53. The topological polar surface area (TPSA) is 76.7 Å². The lowest BCUT2D eigenvalue weighted by Crippen LogP contribution is -2.45. The molecule has 2 aromatic rings. The predicted molar refractivity (Wildman–Crippen MR) is 127 cm³/mol. The van der Waals surface area contributed by atoms with Gasteiger partial charge in [0.25, 0.3) is 11.8 Å². The predicted octanol–water partition coefficient (Wildman–Crippen LogP) is 5.19. The minimum atomic E-state index is -0.489. The average molecular weight is 607 g/mol. The fourth-order valence-electron chi connectivity index (χ4n) is 2.58. The van der Waals surface area contributed by atoms with E-state index < -0.39 is 11.8 Å². The lowest BCUT2D eigenvalue weighted by Gasteiger charge is -2.23. The number of carbonyl (C=O) groups excluding carboxylic acids is 2. The van der Waals surface area contributed by atoms with Gasteiger partial charge in [0, 0.05) is 14.5 Å². The van der Waals surface area contributed by atoms with Crippen molar-refractivity contribution in [3.63, 3.8) is 0 Å². The van der Waals surface area contributed by atoms with Crippen LogP contribution in [0.2, 0.25) is 0 Å². The molecule has 0 saturated heterocycles. The van der Waals surface area contributed by atoms with Gasteiger partial charge in [-0.25, -0.2) is 0 Å². The van der Waals surface area contributed by atoms with Crippen molar-refractivity contribution in [1.29, 1.82) is 0 Å². The van der Waals surface area contributed by atoms with Crippen LogP contribution in [-0.4, -0.2) is 25.0 Å². The molecule has 0 radical (unpaired) electrons. The molecule has 0 heterocycles. The summed E-state index contributed by atoms with van der Waals surface area (Å²) in [6.45, 7) is 7.58. The molecule has 0 aliphatic carbocycles. The van der Waals surface area contributed by atoms with Crippen LogP contribution < -0.4 is 20.3 Å². The van der Waals surface area contributed by atoms with E-state index in [9.17, 15) is 9.59 Å². The van der Waals surface area contributed by atoms with E-state index >= 15 is 0 Å². The smallest absolute Gasteiger partial charge is 0.276 e. The maximum Gasteiger partial charge on any atom is 0.276 e. The van der Waals surface area contributed by atoms with Crippen LogP contribution in [0.1, 0.15) is 31.9 Å². The second-order valence-corrected chi connectivity index (χ2v) is 10.3. The Hall–Kier alpha value is -1.58. The molecule has 9 heteroatoms. The molecule has 0 atom stereocenters. The van der Waals surface area contributed by atoms with Crippen LogP contribution in [0.5, 0.6) is 11.5 Å². The number of halogens is 3. The summed E-state index contributed by atoms with van der Waals surface area (Å²) in [5, 5.41) is 0. The zero-order valence-corrected chi connectivity index (χ0v) is 21.8. The van der Waals surface area contributed by atoms with Gasteiger partial charge < -0.3 is 9.47 Å². The zero-order chi connectivity index (χ0) is 22.5. The van der Waals surface area contributed by atoms with E-state index in [1.807, 2.05) is 37.3 Å². The van der Waals surface area contributed by atoms with E-state index in [0.717, 1.165) is 24.5 Å². The van der Waals surface area contributed by atoms with Crippen LogP contribution in [0.25, 0.3) is 0 Å². The van der Waals surface area contributed by atoms with Crippen LogP contribution >= 0.6 is 47.8 Å². The van der Waals surface area contributed by atoms with Crippen LogP contribution in [-0.2, 0) is 15.0 Å². The highest BCUT2D eigenvalue weighted by Crippen LogP contribution is 2.34. The van der Waals surface area contributed by atoms with E-state index in [1.165, 1.54) is 0 Å². The highest BCUT2D eigenvalue weighted by Gasteiger charge is 2.20. The molecule has 0 aliphatic rings. The lowest BCUT2D eigenvalue weighted by atomic mass is 9.86. The summed E-state index contributed by atoms with van der Waals surface area (Å²) in [6, 6.07) is 9.33. The molecule has 2 N–H and O–H groups in total. The number of aryl methyl sites for hydroxylation is 1. The van der Waals surface area contributed by atoms with E-state index in [-0.39, 0.29) is 18.6 Å². The van der Waals surface area contributed by atoms with E-state index in [4.69, 9.17) is 9.47 Å². The number of benzene rings is 2. The molecule has 0 aliphatic heterocycles. The van der Waals surface area contributed by atoms with Crippen molar-refractivity contribution in [2.45, 2.75) is 33.1 Å². The van der Waals surface area contributed by atoms with Crippen molar-refractivity contribution >= 4 is 59.6 Å². The standard InChI is InChI=1S/C21H23Br3N2O4/c1-12-7-14(23)9-16(24)20(12)30-11-19(28)26-25-18(27)10-29-17-6-5-13(22)8-15(17)21(2,3)4/h5-9H,10-11H2,1-4H3,(H,25,27)(H,26,28). The molecule has 0 aromatic heterocycles. The average Bonchev–Trinajstić information content (AvgIpc) is 2.63. The number of rotatable bonds is 6. The van der Waals surface area contributed by atoms with Crippen LogP contribution in [0, 0.1) is 6.92 Å². The van der Waals surface area contributed by atoms with Crippen molar-refractivity contribution in [2.75, 3.05) is 13.2 Å². The summed E-state index contributed by atoms with van der Waals surface area (Å²) in [4.78, 5) is 24.0. The van der Waals surface area contributed by atoms with Gasteiger partial charge in [0.05, 0.1) is 4.47 Å². The minimum Gasteiger partial charge on any atom is -0.483 e. The molecule has 0 unspecified atom stereocenters. The lowest BCUT2D eigenvalue weighted by molar-refractivity contribution is -0.131. The first kappa shape index (κ1) is 24.7. The maximum absolute atomic E-state index is 12.1. The maximum atomic E-state index is 12.1. The van der Waals surface area contributed by atoms with Crippen molar-refractivity contribution in [1.82, 2.24) is 10.9 Å². The molecule has 6 nitrogen and oxygen atoms in total. The quantitative estimate of drug-likeness (QED) is 0.444. The van der Waals surface area contributed by atoms with Gasteiger partial charge in [-0.2, -0.15) is 0 Å². The molecule has 0 bridgehead atoms. The summed E-state index contributed by atoms with van der Waals surface area (Å²) >= 11 is 10.2. The summed E-state index contributed by atoms with van der Waals surface area (Å²) < 4.78 is 13.8. The normalized spacial score (nSPS) is 11.0. The first-order chi connectivity index (χ1) is 14.0. The Balaban J connectivity index is 1.84. The van der Waals surface area contributed by atoms with Gasteiger partial charge in [-0.3, -0.25) is 20.4 Å². The highest BCUT2D eigenvalue weighted by molar-refractivity contribution is 9.11. The summed E-state index contributed by atoms with van der Waals surface area (Å²) in [5.41, 5.74) is 6.33. The zero-order valence-electron chi connectivity index (χ0n) is 17.1. The molecule has 0 spiro atoms. The first-order valence-electron chi connectivity index (χ1n) is 9.06. The van der Waals surface area contributed by atoms with Gasteiger partial charge in [0.2, 0.25) is 0 Å². The number of hydrogen-bond acceptors (Lipinski definition) is 4. The first-order valence-corrected chi connectivity index (χ1v) is 11.4. The Kier molecular flexibility index (Phi) is 8.75. The Labute approximate surface area is 201 Å². The number of hydrogen-bond donors (Lipinski definition) is 2. The SMILES string of the molecule is Cc1cc(Br)cc(Br)c1OCC(=O)NNC(=O)COc1ccc(Br)cc1C(C)(C)C. The van der Waals surface area contributed by atoms with Gasteiger partial charge in [-0.1, -0.05) is 52.6 Å². The van der Waals surface area contributed by atoms with Gasteiger partial charge in [0.15, 0.2) is 13.2 Å². The van der Waals surface area contributed by atoms with Crippen LogP contribution in [0.3, 0.4) is 0 Å². The third-order valence-electron chi connectivity index (χ3n) is 3.99. The second kappa shape index (κ2) is 10.6. The van der Waals surface area contributed by atoms with Crippen molar-refractivity contribution in [3.8, 4) is 11.5 Å². The number of nitrogens with one attached hydrogen (secondary N) is 2. The Bertz CT molecular complexity index is 919. The molecular formula is C21H23Br3N2O4. The van der Waals surface area contributed by atoms with Crippen molar-refractivity contribution in [2.24, 2.45) is 0 Å². The minimum absolute atomic E-state index is 0.152. The molecule has 2 aromatic carbocycles. The number of amides is 2. The summed E-state index contributed by atoms with van der Waals surface area (Å²) in [7, 11) is 0. The molecule has 162 valence electrons. The Morgan fingerprint density at radius 3 is 2.07 bits per heavy atom. The Morgan fingerprint density at radius 2 is 1.50 bits per heavy atom. The van der Waals surface area contributed by atoms with Crippen LogP contribution in [0.4, 0.5) is 0 Å². The molecule has 2 amide bonds. The van der Waals surface area contributed by atoms with Gasteiger partial charge >= 0.3 is 0 Å². The van der Waals surface area contributed by atoms with E-state index in [0.29, 0.717) is 11.5 Å². The number of ether oxygens (including phenoxy) is 2. The van der Waals surface area contributed by atoms with Gasteiger partial charge in [-0.05, 0) is 64.2 Å². The third kappa shape index (κ3) is 7.28. The monoisotopic (exact) mass is 604 g/mol. The Morgan fingerprint density at radius 1 is 0.900 bits per heavy atom. The molecule has 2 rings (SSSR count). The number of hydrazine groups is 1. The second-order valence-electron chi connectivity index (χ2n) is 7.60. The highest BCUT2D eigenvalue weighted by atomic mass is 79.9. The van der Waals surface area contributed by atoms with Gasteiger partial charge in [-0.15, -0.1) is 0 Å². The largest absolute Gasteiger partial charge is 0.483 e. The van der Waals surface area contributed by atoms with Crippen LogP contribution in [0.15, 0.2) is 43.7 Å². The molecule has 30 heavy (non-hydrogen) atoms. The fourth-order valence-corrected chi connectivity index (χ4v) is 4.49.